The monoisotopic (exact) mass is 668 g/mol. The highest BCUT2D eigenvalue weighted by Gasteiger charge is 2.49. The van der Waals surface area contributed by atoms with Gasteiger partial charge in [-0.1, -0.05) is 18.2 Å². The first kappa shape index (κ1) is 33.3. The summed E-state index contributed by atoms with van der Waals surface area (Å²) < 4.78 is 113. The van der Waals surface area contributed by atoms with Gasteiger partial charge in [-0.05, 0) is 43.2 Å². The number of anilines is 1. The number of carboxylic acid groups (broad SMARTS) is 1. The number of carboxylic acids is 1. The van der Waals surface area contributed by atoms with Gasteiger partial charge < -0.3 is 19.9 Å². The Morgan fingerprint density at radius 2 is 1.72 bits per heavy atom. The molecule has 1 unspecified atom stereocenters. The van der Waals surface area contributed by atoms with E-state index in [2.05, 4.69) is 4.98 Å². The van der Waals surface area contributed by atoms with Gasteiger partial charge in [-0.25, -0.2) is 13.6 Å². The Morgan fingerprint density at radius 3 is 2.28 bits per heavy atom. The maximum atomic E-state index is 14.9. The van der Waals surface area contributed by atoms with Crippen molar-refractivity contribution in [3.8, 4) is 11.1 Å². The molecule has 1 aliphatic heterocycles. The van der Waals surface area contributed by atoms with Crippen molar-refractivity contribution in [1.82, 2.24) is 14.9 Å². The predicted octanol–water partition coefficient (Wildman–Crippen LogP) is 5.77. The lowest BCUT2D eigenvalue weighted by atomic mass is 9.93. The number of hydrogen-bond donors (Lipinski definition) is 2. The highest BCUT2D eigenvalue weighted by atomic mass is 19.4. The average molecular weight is 669 g/mol. The summed E-state index contributed by atoms with van der Waals surface area (Å²) in [6.45, 7) is 1.20. The smallest absolute Gasteiger partial charge is 0.417 e. The zero-order valence-electron chi connectivity index (χ0n) is 24.4. The lowest BCUT2D eigenvalue weighted by Crippen LogP contribution is -2.56. The highest BCUT2D eigenvalue weighted by molar-refractivity contribution is 5.99. The number of nitrogens with zero attached hydrogens (tertiary/aromatic N) is 3. The van der Waals surface area contributed by atoms with Crippen LogP contribution in [0.2, 0.25) is 0 Å². The summed E-state index contributed by atoms with van der Waals surface area (Å²) in [6, 6.07) is 3.36. The second kappa shape index (κ2) is 12.0. The Hall–Kier alpha value is -5.02. The van der Waals surface area contributed by atoms with Crippen LogP contribution >= 0.6 is 0 Å². The molecule has 3 heterocycles. The number of aliphatic carboxylic acids is 1. The van der Waals surface area contributed by atoms with Gasteiger partial charge in [0.2, 0.25) is 0 Å². The van der Waals surface area contributed by atoms with E-state index in [4.69, 9.17) is 0 Å². The molecular formula is C31H24F8N4O4. The summed E-state index contributed by atoms with van der Waals surface area (Å²) in [5.41, 5.74) is -4.58. The normalized spacial score (nSPS) is 15.8. The molecule has 5 rings (SSSR count). The van der Waals surface area contributed by atoms with Crippen LogP contribution < -0.4 is 15.8 Å². The fraction of sp³-hybridized carbons (Fsp3) is 0.290. The molecule has 0 bridgehead atoms. The van der Waals surface area contributed by atoms with Crippen molar-refractivity contribution in [1.29, 1.82) is 0 Å². The average Bonchev–Trinajstić information content (AvgIpc) is 2.93. The third kappa shape index (κ3) is 6.23. The Morgan fingerprint density at radius 1 is 1.06 bits per heavy atom. The molecule has 0 aliphatic carbocycles. The van der Waals surface area contributed by atoms with Gasteiger partial charge in [0.25, 0.3) is 11.5 Å². The number of carbonyl (C=O) groups excluding carboxylic acids is 1. The van der Waals surface area contributed by atoms with E-state index in [1.54, 1.807) is 0 Å². The summed E-state index contributed by atoms with van der Waals surface area (Å²) in [6.07, 6.45) is -9.13. The number of nitrogens with one attached hydrogen (secondary N) is 1. The van der Waals surface area contributed by atoms with Crippen LogP contribution in [-0.2, 0) is 24.4 Å². The summed E-state index contributed by atoms with van der Waals surface area (Å²) in [7, 11) is 1.30. The van der Waals surface area contributed by atoms with Crippen LogP contribution in [-0.4, -0.2) is 51.3 Å². The van der Waals surface area contributed by atoms with E-state index in [1.165, 1.54) is 38.4 Å². The Bertz CT molecular complexity index is 1950. The molecule has 16 heteroatoms. The van der Waals surface area contributed by atoms with Gasteiger partial charge in [0.1, 0.15) is 29.3 Å². The maximum absolute atomic E-state index is 14.9. The maximum Gasteiger partial charge on any atom is 0.417 e. The van der Waals surface area contributed by atoms with Crippen molar-refractivity contribution in [2.75, 3.05) is 11.4 Å². The topological polar surface area (TPSA) is 105 Å². The summed E-state index contributed by atoms with van der Waals surface area (Å²) in [4.78, 5) is 43.0. The standard InChI is InChI=1S/C31H24F8N4O4/c1-14-10-19(30(34,35)36)24(28(45)42(14)2)18-6-5-15(17-4-3-8-40-26(17)18)11-22(29(46)47)41-27(44)25-20(32)12-16(13-21(25)33)43-9-7-23(43)31(37,38)39/h3-6,8,10,12-13,22-23H,7,9,11H2,1-2H3,(H,41,44)(H,46,47)/t22-,23?/m0/s1. The number of pyridine rings is 2. The predicted molar refractivity (Wildman–Crippen MR) is 153 cm³/mol. The second-order valence-corrected chi connectivity index (χ2v) is 11.0. The number of benzene rings is 2. The van der Waals surface area contributed by atoms with E-state index in [0.717, 1.165) is 21.6 Å². The summed E-state index contributed by atoms with van der Waals surface area (Å²) in [5.74, 6) is -6.19. The van der Waals surface area contributed by atoms with Crippen LogP contribution in [0.3, 0.4) is 0 Å². The Labute approximate surface area is 260 Å². The largest absolute Gasteiger partial charge is 0.480 e. The molecule has 0 spiro atoms. The van der Waals surface area contributed by atoms with Crippen LogP contribution in [0.15, 0.2) is 53.5 Å². The number of hydrogen-bond acceptors (Lipinski definition) is 5. The number of amides is 1. The van der Waals surface area contributed by atoms with Crippen molar-refractivity contribution >= 4 is 28.5 Å². The lowest BCUT2D eigenvalue weighted by molar-refractivity contribution is -0.159. The number of fused-ring (bicyclic) bond motifs is 1. The van der Waals surface area contributed by atoms with Gasteiger partial charge in [0.05, 0.1) is 16.6 Å². The molecule has 0 radical (unpaired) electrons. The second-order valence-electron chi connectivity index (χ2n) is 11.0. The zero-order valence-corrected chi connectivity index (χ0v) is 24.4. The zero-order chi connectivity index (χ0) is 34.6. The molecule has 8 nitrogen and oxygen atoms in total. The van der Waals surface area contributed by atoms with E-state index in [0.29, 0.717) is 12.1 Å². The molecule has 2 aromatic carbocycles. The number of alkyl halides is 6. The minimum atomic E-state index is -4.91. The lowest BCUT2D eigenvalue weighted by Gasteiger charge is -2.43. The van der Waals surface area contributed by atoms with Crippen molar-refractivity contribution in [2.24, 2.45) is 7.05 Å². The molecule has 1 saturated heterocycles. The molecular weight excluding hydrogens is 644 g/mol. The molecule has 248 valence electrons. The van der Waals surface area contributed by atoms with Crippen LogP contribution in [0.25, 0.3) is 22.0 Å². The SMILES string of the molecule is Cc1cc(C(F)(F)F)c(-c2ccc(C[C@H](NC(=O)c3c(F)cc(N4CCC4C(F)(F)F)cc3F)C(=O)O)c3cccnc23)c(=O)n1C. The summed E-state index contributed by atoms with van der Waals surface area (Å²) in [5, 5.41) is 12.0. The van der Waals surface area contributed by atoms with Gasteiger partial charge in [-0.15, -0.1) is 0 Å². The number of carbonyl (C=O) groups is 2. The quantitative estimate of drug-likeness (QED) is 0.243. The van der Waals surface area contributed by atoms with Crippen molar-refractivity contribution in [3.05, 3.63) is 93.0 Å². The van der Waals surface area contributed by atoms with E-state index >= 15 is 0 Å². The third-order valence-corrected chi connectivity index (χ3v) is 8.12. The molecule has 4 aromatic rings. The highest BCUT2D eigenvalue weighted by Crippen LogP contribution is 2.40. The Kier molecular flexibility index (Phi) is 8.49. The molecule has 1 amide bonds. The van der Waals surface area contributed by atoms with E-state index in [-0.39, 0.29) is 40.7 Å². The van der Waals surface area contributed by atoms with Crippen LogP contribution in [0.5, 0.6) is 0 Å². The minimum Gasteiger partial charge on any atom is -0.480 e. The first-order valence-electron chi connectivity index (χ1n) is 13.9. The Balaban J connectivity index is 1.48. The molecule has 0 saturated carbocycles. The van der Waals surface area contributed by atoms with Gasteiger partial charge in [-0.2, -0.15) is 26.3 Å². The molecule has 1 aliphatic rings. The van der Waals surface area contributed by atoms with E-state index in [1.807, 2.05) is 5.32 Å². The van der Waals surface area contributed by atoms with Crippen LogP contribution in [0.4, 0.5) is 40.8 Å². The molecule has 2 atom stereocenters. The molecule has 47 heavy (non-hydrogen) atoms. The number of rotatable bonds is 7. The molecule has 1 fully saturated rings. The van der Waals surface area contributed by atoms with Crippen molar-refractivity contribution in [3.63, 3.8) is 0 Å². The number of aryl methyl sites for hydroxylation is 1. The third-order valence-electron chi connectivity index (χ3n) is 8.12. The van der Waals surface area contributed by atoms with Gasteiger partial charge in [-0.3, -0.25) is 14.6 Å². The first-order valence-corrected chi connectivity index (χ1v) is 13.9. The van der Waals surface area contributed by atoms with Crippen molar-refractivity contribution < 1.29 is 49.8 Å². The van der Waals surface area contributed by atoms with Crippen LogP contribution in [0, 0.1) is 18.6 Å². The van der Waals surface area contributed by atoms with Gasteiger partial charge in [0, 0.05) is 48.5 Å². The number of halogens is 8. The fourth-order valence-electron chi connectivity index (χ4n) is 5.55. The number of aromatic nitrogens is 2. The van der Waals surface area contributed by atoms with Crippen molar-refractivity contribution in [2.45, 2.75) is 44.2 Å². The van der Waals surface area contributed by atoms with Crippen LogP contribution in [0.1, 0.15) is 33.6 Å². The molecule has 2 N–H and O–H groups in total. The molecule has 2 aromatic heterocycles. The van der Waals surface area contributed by atoms with Gasteiger partial charge >= 0.3 is 18.3 Å². The summed E-state index contributed by atoms with van der Waals surface area (Å²) >= 11 is 0. The first-order chi connectivity index (χ1) is 21.9. The van der Waals surface area contributed by atoms with E-state index < -0.39 is 82.3 Å². The fourth-order valence-corrected chi connectivity index (χ4v) is 5.55. The minimum absolute atomic E-state index is 0.0496. The van der Waals surface area contributed by atoms with Gasteiger partial charge in [0.15, 0.2) is 0 Å². The van der Waals surface area contributed by atoms with E-state index in [9.17, 15) is 54.6 Å².